The number of rotatable bonds is 17. The van der Waals surface area contributed by atoms with Gasteiger partial charge in [-0.3, -0.25) is 9.69 Å². The molecule has 198 valence electrons. The number of aliphatic carboxylic acids is 1. The molecule has 0 aliphatic heterocycles. The second kappa shape index (κ2) is 16.8. The number of ether oxygens (including phenoxy) is 3. The lowest BCUT2D eigenvalue weighted by molar-refractivity contribution is -0.139. The molecule has 1 amide bonds. The van der Waals surface area contributed by atoms with Gasteiger partial charge in [-0.15, -0.1) is 0 Å². The highest BCUT2D eigenvalue weighted by Crippen LogP contribution is 2.16. The maximum Gasteiger partial charge on any atom is 0.413 e. The minimum absolute atomic E-state index is 0.297. The summed E-state index contributed by atoms with van der Waals surface area (Å²) in [5.74, 6) is -1.14. The smallest absolute Gasteiger partial charge is 0.413 e. The van der Waals surface area contributed by atoms with Gasteiger partial charge in [-0.25, -0.2) is 9.59 Å². The van der Waals surface area contributed by atoms with E-state index in [1.165, 1.54) is 51.4 Å². The first-order valence-electron chi connectivity index (χ1n) is 12.7. The SMILES string of the molecule is CCCCCCCCCCCCOc1ccc(C(=O)OCOC(=O)N(CC(=O)O)C(C)(C)C)cc1. The van der Waals surface area contributed by atoms with Gasteiger partial charge in [0.1, 0.15) is 12.3 Å². The number of carboxylic acid groups (broad SMARTS) is 1. The molecule has 8 heteroatoms. The Labute approximate surface area is 209 Å². The van der Waals surface area contributed by atoms with Crippen molar-refractivity contribution in [1.29, 1.82) is 0 Å². The first-order valence-corrected chi connectivity index (χ1v) is 12.7. The number of esters is 1. The zero-order chi connectivity index (χ0) is 26.1. The maximum absolute atomic E-state index is 12.2. The van der Waals surface area contributed by atoms with Gasteiger partial charge in [0.15, 0.2) is 0 Å². The van der Waals surface area contributed by atoms with E-state index in [2.05, 4.69) is 6.92 Å². The Kier molecular flexibility index (Phi) is 14.5. The molecule has 0 radical (unpaired) electrons. The van der Waals surface area contributed by atoms with Crippen LogP contribution in [0.15, 0.2) is 24.3 Å². The van der Waals surface area contributed by atoms with Crippen LogP contribution in [0.4, 0.5) is 4.79 Å². The van der Waals surface area contributed by atoms with E-state index in [0.29, 0.717) is 17.9 Å². The lowest BCUT2D eigenvalue weighted by atomic mass is 10.1. The zero-order valence-electron chi connectivity index (χ0n) is 21.8. The summed E-state index contributed by atoms with van der Waals surface area (Å²) in [4.78, 5) is 36.4. The van der Waals surface area contributed by atoms with Gasteiger partial charge in [-0.1, -0.05) is 64.7 Å². The highest BCUT2D eigenvalue weighted by Gasteiger charge is 2.30. The number of carbonyl (C=O) groups is 3. The summed E-state index contributed by atoms with van der Waals surface area (Å²) in [5.41, 5.74) is -0.464. The average molecular weight is 494 g/mol. The molecule has 0 aliphatic rings. The highest BCUT2D eigenvalue weighted by molar-refractivity contribution is 5.89. The van der Waals surface area contributed by atoms with Gasteiger partial charge in [0.05, 0.1) is 12.2 Å². The van der Waals surface area contributed by atoms with Crippen LogP contribution in [0.3, 0.4) is 0 Å². The third-order valence-electron chi connectivity index (χ3n) is 5.55. The summed E-state index contributed by atoms with van der Waals surface area (Å²) >= 11 is 0. The summed E-state index contributed by atoms with van der Waals surface area (Å²) in [5, 5.41) is 8.98. The molecule has 0 fully saturated rings. The molecule has 0 aliphatic carbocycles. The van der Waals surface area contributed by atoms with Gasteiger partial charge < -0.3 is 19.3 Å². The van der Waals surface area contributed by atoms with Crippen LogP contribution < -0.4 is 4.74 Å². The van der Waals surface area contributed by atoms with Gasteiger partial charge >= 0.3 is 18.0 Å². The number of carboxylic acids is 1. The Balaban J connectivity index is 2.25. The van der Waals surface area contributed by atoms with Crippen LogP contribution in [0.1, 0.15) is 102 Å². The fraction of sp³-hybridized carbons (Fsp3) is 0.667. The fourth-order valence-corrected chi connectivity index (χ4v) is 3.47. The van der Waals surface area contributed by atoms with Crippen LogP contribution in [0.25, 0.3) is 0 Å². The third-order valence-corrected chi connectivity index (χ3v) is 5.55. The largest absolute Gasteiger partial charge is 0.494 e. The second-order valence-electron chi connectivity index (χ2n) is 9.67. The first-order chi connectivity index (χ1) is 16.6. The molecule has 8 nitrogen and oxygen atoms in total. The van der Waals surface area contributed by atoms with Crippen molar-refractivity contribution in [2.45, 2.75) is 97.4 Å². The van der Waals surface area contributed by atoms with Crippen LogP contribution in [0.2, 0.25) is 0 Å². The summed E-state index contributed by atoms with van der Waals surface area (Å²) in [6, 6.07) is 6.58. The molecular weight excluding hydrogens is 450 g/mol. The summed E-state index contributed by atoms with van der Waals surface area (Å²) < 4.78 is 15.6. The van der Waals surface area contributed by atoms with Gasteiger partial charge in [0, 0.05) is 5.54 Å². The molecule has 0 unspecified atom stereocenters. The van der Waals surface area contributed by atoms with Crippen molar-refractivity contribution < 1.29 is 33.7 Å². The average Bonchev–Trinajstić information content (AvgIpc) is 2.80. The summed E-state index contributed by atoms with van der Waals surface area (Å²) in [6.45, 7) is 6.80. The van der Waals surface area contributed by atoms with Crippen molar-refractivity contribution in [3.8, 4) is 5.75 Å². The lowest BCUT2D eigenvalue weighted by Crippen LogP contribution is -2.48. The summed E-state index contributed by atoms with van der Waals surface area (Å²) in [6.07, 6.45) is 11.8. The molecule has 1 rings (SSSR count). The number of unbranched alkanes of at least 4 members (excludes halogenated alkanes) is 9. The molecule has 0 saturated carbocycles. The van der Waals surface area contributed by atoms with E-state index in [-0.39, 0.29) is 0 Å². The number of hydrogen-bond donors (Lipinski definition) is 1. The van der Waals surface area contributed by atoms with Crippen molar-refractivity contribution in [2.24, 2.45) is 0 Å². The standard InChI is InChI=1S/C27H43NO7/c1-5-6-7-8-9-10-11-12-13-14-19-33-23-17-15-22(16-18-23)25(31)34-21-35-26(32)28(20-24(29)30)27(2,3)4/h15-18H,5-14,19-21H2,1-4H3,(H,29,30). The summed E-state index contributed by atoms with van der Waals surface area (Å²) in [7, 11) is 0. The predicted octanol–water partition coefficient (Wildman–Crippen LogP) is 6.42. The Morgan fingerprint density at radius 2 is 1.37 bits per heavy atom. The van der Waals surface area contributed by atoms with Crippen LogP contribution >= 0.6 is 0 Å². The minimum Gasteiger partial charge on any atom is -0.494 e. The molecular formula is C27H43NO7. The van der Waals surface area contributed by atoms with E-state index >= 15 is 0 Å². The molecule has 0 spiro atoms. The molecule has 0 aromatic heterocycles. The monoisotopic (exact) mass is 493 g/mol. The number of hydrogen-bond acceptors (Lipinski definition) is 6. The molecule has 35 heavy (non-hydrogen) atoms. The molecule has 1 N–H and O–H groups in total. The van der Waals surface area contributed by atoms with Gasteiger partial charge in [-0.2, -0.15) is 0 Å². The van der Waals surface area contributed by atoms with E-state index in [0.717, 1.165) is 17.7 Å². The molecule has 0 heterocycles. The number of amides is 1. The van der Waals surface area contributed by atoms with Crippen molar-refractivity contribution in [2.75, 3.05) is 19.9 Å². The zero-order valence-corrected chi connectivity index (χ0v) is 21.8. The van der Waals surface area contributed by atoms with E-state index in [1.807, 2.05) is 0 Å². The Bertz CT molecular complexity index is 756. The second-order valence-corrected chi connectivity index (χ2v) is 9.67. The normalized spacial score (nSPS) is 11.1. The van der Waals surface area contributed by atoms with E-state index in [9.17, 15) is 14.4 Å². The topological polar surface area (TPSA) is 102 Å². The number of carbonyl (C=O) groups excluding carboxylic acids is 2. The van der Waals surface area contributed by atoms with Gasteiger partial charge in [-0.05, 0) is 51.5 Å². The van der Waals surface area contributed by atoms with Crippen molar-refractivity contribution in [1.82, 2.24) is 4.90 Å². The van der Waals surface area contributed by atoms with Crippen LogP contribution in [-0.4, -0.2) is 53.5 Å². The predicted molar refractivity (Wildman–Crippen MR) is 135 cm³/mol. The number of benzene rings is 1. The van der Waals surface area contributed by atoms with E-state index < -0.39 is 36.9 Å². The molecule has 0 atom stereocenters. The highest BCUT2D eigenvalue weighted by atomic mass is 16.7. The van der Waals surface area contributed by atoms with Gasteiger partial charge in [0.2, 0.25) is 6.79 Å². The molecule has 0 saturated heterocycles. The lowest BCUT2D eigenvalue weighted by Gasteiger charge is -2.33. The maximum atomic E-state index is 12.2. The number of nitrogens with zero attached hydrogens (tertiary/aromatic N) is 1. The van der Waals surface area contributed by atoms with Crippen LogP contribution in [-0.2, 0) is 14.3 Å². The minimum atomic E-state index is -1.16. The molecule has 0 bridgehead atoms. The third kappa shape index (κ3) is 13.6. The Hall–Kier alpha value is -2.77. The molecule has 1 aromatic rings. The van der Waals surface area contributed by atoms with Gasteiger partial charge in [0.25, 0.3) is 0 Å². The van der Waals surface area contributed by atoms with E-state index in [4.69, 9.17) is 19.3 Å². The first kappa shape index (κ1) is 30.3. The van der Waals surface area contributed by atoms with Crippen molar-refractivity contribution >= 4 is 18.0 Å². The van der Waals surface area contributed by atoms with Crippen LogP contribution in [0, 0.1) is 0 Å². The van der Waals surface area contributed by atoms with Crippen molar-refractivity contribution in [3.05, 3.63) is 29.8 Å². The fourth-order valence-electron chi connectivity index (χ4n) is 3.47. The molecule has 1 aromatic carbocycles. The van der Waals surface area contributed by atoms with Crippen molar-refractivity contribution in [3.63, 3.8) is 0 Å². The Morgan fingerprint density at radius 3 is 1.89 bits per heavy atom. The Morgan fingerprint density at radius 1 is 0.829 bits per heavy atom. The van der Waals surface area contributed by atoms with E-state index in [1.54, 1.807) is 45.0 Å². The quantitative estimate of drug-likeness (QED) is 0.152. The van der Waals surface area contributed by atoms with Crippen LogP contribution in [0.5, 0.6) is 5.75 Å².